The van der Waals surface area contributed by atoms with Crippen molar-refractivity contribution < 1.29 is 0 Å². The van der Waals surface area contributed by atoms with Crippen LogP contribution in [0.25, 0.3) is 0 Å². The Balaban J connectivity index is 0.000000281. The second-order valence-corrected chi connectivity index (χ2v) is 3.53. The van der Waals surface area contributed by atoms with Crippen molar-refractivity contribution in [1.82, 2.24) is 10.2 Å². The van der Waals surface area contributed by atoms with Crippen molar-refractivity contribution in [3.63, 3.8) is 0 Å². The Morgan fingerprint density at radius 2 is 2.00 bits per heavy atom. The monoisotopic (exact) mass is 156 g/mol. The molecule has 0 radical (unpaired) electrons. The van der Waals surface area contributed by atoms with Gasteiger partial charge >= 0.3 is 0 Å². The summed E-state index contributed by atoms with van der Waals surface area (Å²) in [5, 5.41) is 3.40. The standard InChI is InChI=1S/C7H14N2.C2H6/c1-9(2)7-3-6(7)4-8-5-7;1-2/h6,8H,3-5H2,1-2H3;1-2H3. The van der Waals surface area contributed by atoms with Crippen LogP contribution in [-0.2, 0) is 0 Å². The zero-order chi connectivity index (χ0) is 8.48. The highest BCUT2D eigenvalue weighted by Gasteiger charge is 2.58. The van der Waals surface area contributed by atoms with Crippen LogP contribution in [0.1, 0.15) is 20.3 Å². The maximum Gasteiger partial charge on any atom is 0.0372 e. The molecule has 0 aromatic rings. The van der Waals surface area contributed by atoms with Crippen LogP contribution in [0.5, 0.6) is 0 Å². The summed E-state index contributed by atoms with van der Waals surface area (Å²) >= 11 is 0. The normalized spacial score (nSPS) is 39.5. The molecule has 0 amide bonds. The van der Waals surface area contributed by atoms with E-state index in [9.17, 15) is 0 Å². The van der Waals surface area contributed by atoms with E-state index in [4.69, 9.17) is 0 Å². The van der Waals surface area contributed by atoms with Gasteiger partial charge in [0.15, 0.2) is 0 Å². The van der Waals surface area contributed by atoms with E-state index in [0.29, 0.717) is 5.54 Å². The summed E-state index contributed by atoms with van der Waals surface area (Å²) in [6.07, 6.45) is 1.42. The average molecular weight is 156 g/mol. The van der Waals surface area contributed by atoms with Gasteiger partial charge in [-0.1, -0.05) is 13.8 Å². The van der Waals surface area contributed by atoms with Crippen LogP contribution in [0, 0.1) is 5.92 Å². The van der Waals surface area contributed by atoms with Gasteiger partial charge in [0.25, 0.3) is 0 Å². The van der Waals surface area contributed by atoms with Crippen molar-refractivity contribution in [2.45, 2.75) is 25.8 Å². The molecule has 2 rings (SSSR count). The molecule has 2 nitrogen and oxygen atoms in total. The number of fused-ring (bicyclic) bond motifs is 1. The number of hydrogen-bond donors (Lipinski definition) is 1. The number of nitrogens with one attached hydrogen (secondary N) is 1. The minimum absolute atomic E-state index is 0.583. The molecular weight excluding hydrogens is 136 g/mol. The lowest BCUT2D eigenvalue weighted by molar-refractivity contribution is 0.274. The molecule has 0 spiro atoms. The highest BCUT2D eigenvalue weighted by atomic mass is 15.3. The van der Waals surface area contributed by atoms with E-state index in [1.54, 1.807) is 0 Å². The summed E-state index contributed by atoms with van der Waals surface area (Å²) in [4.78, 5) is 2.37. The Kier molecular flexibility index (Phi) is 2.55. The van der Waals surface area contributed by atoms with E-state index >= 15 is 0 Å². The van der Waals surface area contributed by atoms with Crippen molar-refractivity contribution in [2.24, 2.45) is 5.92 Å². The largest absolute Gasteiger partial charge is 0.315 e. The SMILES string of the molecule is CC.CN(C)C12CNCC1C2. The maximum absolute atomic E-state index is 3.40. The third-order valence-corrected chi connectivity index (χ3v) is 2.91. The molecule has 0 aromatic carbocycles. The fourth-order valence-electron chi connectivity index (χ4n) is 2.02. The van der Waals surface area contributed by atoms with Crippen molar-refractivity contribution in [1.29, 1.82) is 0 Å². The molecule has 1 aliphatic carbocycles. The number of hydrogen-bond acceptors (Lipinski definition) is 2. The van der Waals surface area contributed by atoms with E-state index in [2.05, 4.69) is 24.3 Å². The highest BCUT2D eigenvalue weighted by molar-refractivity contribution is 5.16. The molecule has 1 aliphatic heterocycles. The van der Waals surface area contributed by atoms with Crippen LogP contribution in [-0.4, -0.2) is 37.6 Å². The van der Waals surface area contributed by atoms with Gasteiger partial charge in [0, 0.05) is 12.1 Å². The minimum Gasteiger partial charge on any atom is -0.315 e. The molecule has 2 aliphatic rings. The van der Waals surface area contributed by atoms with E-state index in [1.807, 2.05) is 13.8 Å². The second-order valence-electron chi connectivity index (χ2n) is 3.53. The van der Waals surface area contributed by atoms with Crippen LogP contribution in [0.4, 0.5) is 0 Å². The zero-order valence-electron chi connectivity index (χ0n) is 8.15. The minimum atomic E-state index is 0.583. The highest BCUT2D eigenvalue weighted by Crippen LogP contribution is 2.49. The number of rotatable bonds is 1. The summed E-state index contributed by atoms with van der Waals surface area (Å²) in [5.74, 6) is 0.965. The van der Waals surface area contributed by atoms with Crippen LogP contribution in [0.2, 0.25) is 0 Å². The third kappa shape index (κ3) is 1.30. The van der Waals surface area contributed by atoms with Gasteiger partial charge in [0.05, 0.1) is 0 Å². The van der Waals surface area contributed by atoms with E-state index in [0.717, 1.165) is 5.92 Å². The first-order valence-electron chi connectivity index (χ1n) is 4.64. The van der Waals surface area contributed by atoms with Crippen molar-refractivity contribution in [3.05, 3.63) is 0 Å². The average Bonchev–Trinajstić information content (AvgIpc) is 2.60. The molecule has 1 heterocycles. The molecule has 1 N–H and O–H groups in total. The molecule has 2 atom stereocenters. The van der Waals surface area contributed by atoms with E-state index < -0.39 is 0 Å². The van der Waals surface area contributed by atoms with Crippen LogP contribution in [0.15, 0.2) is 0 Å². The molecule has 1 saturated heterocycles. The van der Waals surface area contributed by atoms with E-state index in [-0.39, 0.29) is 0 Å². The predicted octanol–water partition coefficient (Wildman–Crippen LogP) is 0.936. The topological polar surface area (TPSA) is 15.3 Å². The van der Waals surface area contributed by atoms with Crippen molar-refractivity contribution in [3.8, 4) is 0 Å². The summed E-state index contributed by atoms with van der Waals surface area (Å²) in [7, 11) is 4.38. The van der Waals surface area contributed by atoms with Gasteiger partial charge in [-0.15, -0.1) is 0 Å². The summed E-state index contributed by atoms with van der Waals surface area (Å²) in [5.41, 5.74) is 0.583. The first-order chi connectivity index (χ1) is 5.26. The van der Waals surface area contributed by atoms with E-state index in [1.165, 1.54) is 19.5 Å². The molecule has 2 heteroatoms. The van der Waals surface area contributed by atoms with Crippen molar-refractivity contribution in [2.75, 3.05) is 27.2 Å². The van der Waals surface area contributed by atoms with Gasteiger partial charge < -0.3 is 10.2 Å². The molecule has 11 heavy (non-hydrogen) atoms. The van der Waals surface area contributed by atoms with Gasteiger partial charge in [-0.2, -0.15) is 0 Å². The maximum atomic E-state index is 3.40. The lowest BCUT2D eigenvalue weighted by atomic mass is 10.2. The molecular formula is C9H20N2. The second kappa shape index (κ2) is 3.11. The molecule has 66 valence electrons. The number of piperidine rings is 1. The van der Waals surface area contributed by atoms with Crippen LogP contribution >= 0.6 is 0 Å². The van der Waals surface area contributed by atoms with Gasteiger partial charge in [-0.3, -0.25) is 0 Å². The molecule has 1 saturated carbocycles. The third-order valence-electron chi connectivity index (χ3n) is 2.91. The van der Waals surface area contributed by atoms with Gasteiger partial charge in [0.2, 0.25) is 0 Å². The molecule has 0 aromatic heterocycles. The summed E-state index contributed by atoms with van der Waals surface area (Å²) in [6.45, 7) is 6.46. The summed E-state index contributed by atoms with van der Waals surface area (Å²) in [6, 6.07) is 0. The Bertz CT molecular complexity index is 130. The molecule has 0 bridgehead atoms. The van der Waals surface area contributed by atoms with Gasteiger partial charge in [-0.25, -0.2) is 0 Å². The number of likely N-dealkylation sites (N-methyl/N-ethyl adjacent to an activating group) is 1. The predicted molar refractivity (Wildman–Crippen MR) is 48.7 cm³/mol. The van der Waals surface area contributed by atoms with Gasteiger partial charge in [0.1, 0.15) is 0 Å². The van der Waals surface area contributed by atoms with Crippen LogP contribution in [0.3, 0.4) is 0 Å². The zero-order valence-corrected chi connectivity index (χ0v) is 8.15. The Labute approximate surface area is 70.0 Å². The molecule has 2 unspecified atom stereocenters. The first-order valence-corrected chi connectivity index (χ1v) is 4.64. The Morgan fingerprint density at radius 1 is 1.36 bits per heavy atom. The summed E-state index contributed by atoms with van der Waals surface area (Å²) < 4.78 is 0. The Morgan fingerprint density at radius 3 is 2.18 bits per heavy atom. The number of nitrogens with zero attached hydrogens (tertiary/aromatic N) is 1. The first kappa shape index (κ1) is 9.01. The van der Waals surface area contributed by atoms with Gasteiger partial charge in [-0.05, 0) is 33.0 Å². The lowest BCUT2D eigenvalue weighted by Gasteiger charge is -2.20. The quantitative estimate of drug-likeness (QED) is 0.608. The van der Waals surface area contributed by atoms with Crippen LogP contribution < -0.4 is 5.32 Å². The fraction of sp³-hybridized carbons (Fsp3) is 1.00. The molecule has 2 fully saturated rings. The fourth-order valence-corrected chi connectivity index (χ4v) is 2.02. The lowest BCUT2D eigenvalue weighted by Crippen LogP contribution is -2.35. The Hall–Kier alpha value is -0.0800. The van der Waals surface area contributed by atoms with Crippen molar-refractivity contribution >= 4 is 0 Å². The smallest absolute Gasteiger partial charge is 0.0372 e.